The van der Waals surface area contributed by atoms with Gasteiger partial charge in [0.25, 0.3) is 17.7 Å². The molecule has 9 heterocycles. The number of halogens is 6. The van der Waals surface area contributed by atoms with Gasteiger partial charge in [-0.05, 0) is 292 Å². The maximum Gasteiger partial charge on any atom is 0.257 e. The van der Waals surface area contributed by atoms with E-state index >= 15 is 0 Å². The second-order valence-electron chi connectivity index (χ2n) is 29.1. The molecule has 0 bridgehead atoms. The molecule has 18 nitrogen and oxygen atoms in total. The maximum absolute atomic E-state index is 14.2. The molecule has 9 aromatic carbocycles. The SMILES string of the molecule is [2H]C1([2H])CC(Cc2cc(N3C([2H])([2H])C([2H])([2H])N(C([2H])([2H])[2H])C([2H])([2H])C3([2H])[2H])ccc2C(=O)NC2=NCc3ccc(C([2H])([2H])c4cc(F)cc(F)c4)cc32)CC([2H])([2H])O1.[2H]C1([2H])CC(Cc2cc(N3C([2H])([2H])C([2H])([2H])N(C)C([2H])([2H])C3([2H])[2H])ccc2C(=O)NC2=NCc3ccc(C([2H])([2H])c4cc(F)cc(F)c4)cc32)CC([2H])([2H])O1.[2H]c1cc(C(=O)NC2=NCc3ccc(C([2H])([2H])c4cc(F)cc(F)c4)cc32)c(CC2CC([2H])([2H])OC([2H])([2H])C2)c([2H])c1N1C([2H])([2H])C([2H])([2H])N(C)C([2H])([2H])C1([2H])[2H]. The number of carbonyl (C=O) groups is 3. The van der Waals surface area contributed by atoms with Crippen LogP contribution in [-0.4, -0.2) is 188 Å². The van der Waals surface area contributed by atoms with Crippen LogP contribution in [0.15, 0.2) is 179 Å². The van der Waals surface area contributed by atoms with Crippen LogP contribution in [0.1, 0.15) is 217 Å². The van der Waals surface area contributed by atoms with Crippen molar-refractivity contribution in [1.82, 2.24) is 30.7 Å². The van der Waals surface area contributed by atoms with Gasteiger partial charge in [0.05, 0.1) is 55.3 Å². The normalized spacial score (nSPS) is 31.3. The van der Waals surface area contributed by atoms with E-state index in [2.05, 4.69) is 30.9 Å². The highest BCUT2D eigenvalue weighted by Gasteiger charge is 2.31. The zero-order valence-corrected chi connectivity index (χ0v) is 65.4. The van der Waals surface area contributed by atoms with Gasteiger partial charge in [-0.25, -0.2) is 26.3 Å². The number of hydrogen-bond acceptors (Lipinski definition) is 15. The first-order valence-electron chi connectivity index (χ1n) is 61.9. The van der Waals surface area contributed by atoms with Crippen molar-refractivity contribution >= 4 is 52.3 Å². The first kappa shape index (κ1) is 45.7. The molecule has 6 saturated heterocycles. The summed E-state index contributed by atoms with van der Waals surface area (Å²) >= 11 is 0. The number of ether oxygens (including phenoxy) is 3. The number of piperazine rings is 3. The number of nitrogens with one attached hydrogen (secondary N) is 3. The van der Waals surface area contributed by atoms with Crippen LogP contribution >= 0.6 is 0 Å². The summed E-state index contributed by atoms with van der Waals surface area (Å²) in [5, 5.41) is 7.85. The molecule has 0 saturated carbocycles. The third-order valence-corrected chi connectivity index (χ3v) is 20.1. The molecule has 9 aliphatic heterocycles. The van der Waals surface area contributed by atoms with Gasteiger partial charge in [-0.3, -0.25) is 29.4 Å². The molecular formula is C99H108F6N12O6. The summed E-state index contributed by atoms with van der Waals surface area (Å²) in [5.74, 6) is -11.6. The summed E-state index contributed by atoms with van der Waals surface area (Å²) in [7, 11) is 1.76. The molecule has 18 rings (SSSR count). The lowest BCUT2D eigenvalue weighted by Gasteiger charge is -2.34. The maximum atomic E-state index is 14.2. The number of hydrogen-bond donors (Lipinski definition) is 3. The van der Waals surface area contributed by atoms with Gasteiger partial charge in [0, 0.05) is 215 Å². The number of benzene rings is 9. The number of amidine groups is 3. The molecule has 9 aliphatic rings. The monoisotopic (exact) mass is 1720 g/mol. The van der Waals surface area contributed by atoms with Crippen LogP contribution in [-0.2, 0) is 72.2 Å². The highest BCUT2D eigenvalue weighted by atomic mass is 19.2. The van der Waals surface area contributed by atoms with Gasteiger partial charge in [-0.15, -0.1) is 0 Å². The summed E-state index contributed by atoms with van der Waals surface area (Å²) in [6.07, 6.45) is -10.6. The van der Waals surface area contributed by atoms with Crippen LogP contribution < -0.4 is 30.7 Å². The van der Waals surface area contributed by atoms with Crippen molar-refractivity contribution in [3.8, 4) is 0 Å². The Balaban J connectivity index is 0.000000178. The van der Waals surface area contributed by atoms with Gasteiger partial charge in [-0.1, -0.05) is 36.4 Å². The Hall–Kier alpha value is -10.9. The van der Waals surface area contributed by atoms with Crippen molar-refractivity contribution < 1.29 is 119 Å². The van der Waals surface area contributed by atoms with E-state index in [9.17, 15) is 42.1 Å². The zero-order valence-electron chi connectivity index (χ0n) is 112. The second kappa shape index (κ2) is 39.8. The predicted octanol–water partition coefficient (Wildman–Crippen LogP) is 14.9. The number of fused-ring (bicyclic) bond motifs is 3. The lowest BCUT2D eigenvalue weighted by atomic mass is 9.89. The van der Waals surface area contributed by atoms with Crippen molar-refractivity contribution in [2.75, 3.05) is 153 Å². The van der Waals surface area contributed by atoms with E-state index in [1.807, 2.05) is 0 Å². The lowest BCUT2D eigenvalue weighted by Crippen LogP contribution is -2.44. The molecule has 0 aromatic heterocycles. The van der Waals surface area contributed by atoms with Crippen molar-refractivity contribution in [2.45, 2.75) is 96.5 Å². The van der Waals surface area contributed by atoms with Gasteiger partial charge < -0.3 is 59.6 Å². The van der Waals surface area contributed by atoms with E-state index in [-0.39, 0.29) is 168 Å². The van der Waals surface area contributed by atoms with Gasteiger partial charge >= 0.3 is 0 Å². The van der Waals surface area contributed by atoms with E-state index in [0.29, 0.717) is 50.3 Å². The summed E-state index contributed by atoms with van der Waals surface area (Å²) < 4.78 is 496. The molecular weight excluding hydrogens is 1570 g/mol. The second-order valence-corrected chi connectivity index (χ2v) is 29.1. The van der Waals surface area contributed by atoms with Crippen molar-refractivity contribution in [3.05, 3.63) is 299 Å². The minimum Gasteiger partial charge on any atom is -0.381 e. The predicted molar refractivity (Wildman–Crippen MR) is 470 cm³/mol. The quantitative estimate of drug-likeness (QED) is 0.0696. The van der Waals surface area contributed by atoms with E-state index in [4.69, 9.17) is 77.3 Å². The molecule has 0 unspecified atom stereocenters. The Kier molecular flexibility index (Phi) is 14.8. The van der Waals surface area contributed by atoms with Crippen LogP contribution in [0.2, 0.25) is 0 Å². The molecule has 0 spiro atoms. The topological polar surface area (TPSA) is 172 Å². The zero-order chi connectivity index (χ0) is 127. The van der Waals surface area contributed by atoms with Crippen LogP contribution in [0.3, 0.4) is 0 Å². The number of aliphatic imine (C=N–C) groups is 3. The molecule has 0 radical (unpaired) electrons. The summed E-state index contributed by atoms with van der Waals surface area (Å²) in [6.45, 7) is -59.0. The number of nitrogens with zero attached hydrogens (tertiary/aromatic N) is 9. The third kappa shape index (κ3) is 22.2. The molecule has 0 aliphatic carbocycles. The lowest BCUT2D eigenvalue weighted by molar-refractivity contribution is 0.0663. The minimum atomic E-state index is -3.71. The molecule has 642 valence electrons. The Morgan fingerprint density at radius 1 is 0.382 bits per heavy atom. The smallest absolute Gasteiger partial charge is 0.257 e. The standard InChI is InChI=1S/3C33H36F2N4O2/c3*1-38-8-10-39(11-9-38)29-4-5-30(26(19-29)15-22-6-12-41-13-7-22)33(40)37-32-31-18-23(2-3-25(31)21-36-32)14-24-16-27(34)20-28(35)17-24/h3*2-5,16-20,22H,6-15,21H2,1H3,(H,36,37,40)/i4D,8D2,9D2,10D2,11D2,12D2,13D2,14D2,19D;1D3,8D2,9D2,10D2,11D2,12D2,13D2,14D2;8D2,9D2,10D2,11D2,12D2,13D2,14D2. The Bertz CT molecular complexity index is 7670. The number of carbonyl (C=O) groups excluding carboxylic acids is 3. The van der Waals surface area contributed by atoms with Crippen LogP contribution in [0.4, 0.5) is 43.4 Å². The first-order chi connectivity index (χ1) is 77.4. The average Bonchev–Trinajstić information content (AvgIpc) is 0.851. The molecule has 123 heavy (non-hydrogen) atoms. The molecule has 9 aromatic rings. The highest BCUT2D eigenvalue weighted by molar-refractivity contribution is 6.16. The van der Waals surface area contributed by atoms with E-state index < -0.39 is 267 Å². The largest absolute Gasteiger partial charge is 0.381 e. The molecule has 0 atom stereocenters. The summed E-state index contributed by atoms with van der Waals surface area (Å²) in [4.78, 5) is 56.0. The number of likely N-dealkylation sites (N-methyl/N-ethyl adjacent to an activating group) is 3. The van der Waals surface area contributed by atoms with Crippen LogP contribution in [0.5, 0.6) is 0 Å². The Morgan fingerprint density at radius 3 is 1.02 bits per heavy atom. The molecule has 3 N–H and O–H groups in total. The van der Waals surface area contributed by atoms with Crippen LogP contribution in [0, 0.1) is 52.7 Å². The number of amides is 3. The fourth-order valence-electron chi connectivity index (χ4n) is 14.1. The minimum absolute atomic E-state index is 0.00338. The summed E-state index contributed by atoms with van der Waals surface area (Å²) in [5.41, 5.74) is -1.58. The highest BCUT2D eigenvalue weighted by Crippen LogP contribution is 2.34. The van der Waals surface area contributed by atoms with Gasteiger partial charge in [0.2, 0.25) is 0 Å². The third-order valence-electron chi connectivity index (χ3n) is 20.1. The van der Waals surface area contributed by atoms with E-state index in [0.717, 1.165) is 86.9 Å². The molecule has 3 amide bonds. The van der Waals surface area contributed by atoms with Gasteiger partial charge in [-0.2, -0.15) is 0 Å². The Morgan fingerprint density at radius 2 is 0.691 bits per heavy atom. The van der Waals surface area contributed by atoms with Gasteiger partial charge in [0.1, 0.15) is 52.4 Å². The van der Waals surface area contributed by atoms with Crippen LogP contribution in [0.25, 0.3) is 0 Å². The van der Waals surface area contributed by atoms with Gasteiger partial charge in [0.15, 0.2) is 0 Å². The number of anilines is 3. The summed E-state index contributed by atoms with van der Waals surface area (Å²) in [6, 6.07) is 25.4. The fourth-order valence-corrected chi connectivity index (χ4v) is 14.1. The van der Waals surface area contributed by atoms with E-state index in [1.54, 1.807) is 6.07 Å². The van der Waals surface area contributed by atoms with Crippen molar-refractivity contribution in [2.24, 2.45) is 32.7 Å². The average molecular weight is 1720 g/mol. The number of rotatable bonds is 18. The van der Waals surface area contributed by atoms with Crippen molar-refractivity contribution in [3.63, 3.8) is 0 Å². The molecule has 24 heteroatoms. The van der Waals surface area contributed by atoms with E-state index in [1.165, 1.54) is 54.6 Å². The fraction of sp³-hybridized carbons (Fsp3) is 0.394. The molecule has 6 fully saturated rings. The Labute approximate surface area is 782 Å². The van der Waals surface area contributed by atoms with Crippen molar-refractivity contribution in [1.29, 1.82) is 0 Å². The first-order valence-corrected chi connectivity index (χ1v) is 38.4.